The number of piperidine rings is 2. The summed E-state index contributed by atoms with van der Waals surface area (Å²) >= 11 is 1.51. The molecule has 2 aliphatic heterocycles. The maximum absolute atomic E-state index is 13.2. The zero-order chi connectivity index (χ0) is 22.9. The molecule has 1 amide bonds. The summed E-state index contributed by atoms with van der Waals surface area (Å²) in [5, 5.41) is 12.1. The van der Waals surface area contributed by atoms with Crippen molar-refractivity contribution in [2.24, 2.45) is 0 Å². The zero-order valence-corrected chi connectivity index (χ0v) is 19.9. The van der Waals surface area contributed by atoms with Crippen LogP contribution in [0.15, 0.2) is 40.3 Å². The molecule has 0 radical (unpaired) electrons. The normalized spacial score (nSPS) is 16.8. The van der Waals surface area contributed by atoms with Gasteiger partial charge in [0.25, 0.3) is 11.9 Å². The Morgan fingerprint density at radius 3 is 2.50 bits per heavy atom. The van der Waals surface area contributed by atoms with Gasteiger partial charge in [0.2, 0.25) is 0 Å². The highest BCUT2D eigenvalue weighted by Gasteiger charge is 2.22. The number of hydrogen-bond acceptors (Lipinski definition) is 7. The summed E-state index contributed by atoms with van der Waals surface area (Å²) in [4.78, 5) is 23.6. The van der Waals surface area contributed by atoms with Gasteiger partial charge in [0.05, 0.1) is 21.8 Å². The van der Waals surface area contributed by atoms with E-state index in [0.717, 1.165) is 66.5 Å². The van der Waals surface area contributed by atoms with E-state index >= 15 is 0 Å². The largest absolute Gasteiger partial charge is 0.423 e. The van der Waals surface area contributed by atoms with E-state index in [2.05, 4.69) is 31.4 Å². The van der Waals surface area contributed by atoms with E-state index in [4.69, 9.17) is 9.40 Å². The minimum absolute atomic E-state index is 0.133. The molecule has 176 valence electrons. The minimum atomic E-state index is -0.133. The number of anilines is 3. The topological polar surface area (TPSA) is 90.3 Å². The summed E-state index contributed by atoms with van der Waals surface area (Å²) in [6, 6.07) is 8.50. The number of rotatable bonds is 5. The second kappa shape index (κ2) is 9.13. The zero-order valence-electron chi connectivity index (χ0n) is 19.0. The number of aromatic nitrogens is 3. The molecule has 1 aromatic carbocycles. The molecule has 0 unspecified atom stereocenters. The Morgan fingerprint density at radius 2 is 1.76 bits per heavy atom. The maximum atomic E-state index is 13.2. The number of carbonyl (C=O) groups is 1. The van der Waals surface area contributed by atoms with Gasteiger partial charge in [0.15, 0.2) is 5.58 Å². The number of nitrogens with one attached hydrogen (secondary N) is 2. The van der Waals surface area contributed by atoms with Crippen LogP contribution in [0.25, 0.3) is 21.7 Å². The van der Waals surface area contributed by atoms with Crippen molar-refractivity contribution in [3.05, 3.63) is 41.4 Å². The van der Waals surface area contributed by atoms with Gasteiger partial charge < -0.3 is 19.5 Å². The van der Waals surface area contributed by atoms with E-state index < -0.39 is 0 Å². The number of H-pyrrole nitrogens is 1. The van der Waals surface area contributed by atoms with Crippen LogP contribution in [-0.4, -0.2) is 47.3 Å². The monoisotopic (exact) mass is 476 g/mol. The third-order valence-corrected chi connectivity index (χ3v) is 7.63. The van der Waals surface area contributed by atoms with E-state index in [9.17, 15) is 4.79 Å². The van der Waals surface area contributed by atoms with Crippen molar-refractivity contribution in [1.82, 2.24) is 15.2 Å². The van der Waals surface area contributed by atoms with E-state index in [1.807, 2.05) is 23.6 Å². The Morgan fingerprint density at radius 1 is 1.00 bits per heavy atom. The first kappa shape index (κ1) is 21.2. The molecule has 9 heteroatoms. The average Bonchev–Trinajstić information content (AvgIpc) is 3.65. The third kappa shape index (κ3) is 4.16. The van der Waals surface area contributed by atoms with Crippen molar-refractivity contribution >= 4 is 45.7 Å². The van der Waals surface area contributed by atoms with Gasteiger partial charge in [0.1, 0.15) is 11.2 Å². The fourth-order valence-electron chi connectivity index (χ4n) is 4.85. The predicted molar refractivity (Wildman–Crippen MR) is 136 cm³/mol. The van der Waals surface area contributed by atoms with Crippen LogP contribution in [0.5, 0.6) is 0 Å². The van der Waals surface area contributed by atoms with Gasteiger partial charge in [-0.25, -0.2) is 0 Å². The lowest BCUT2D eigenvalue weighted by Gasteiger charge is -2.30. The number of hydrogen-bond donors (Lipinski definition) is 2. The minimum Gasteiger partial charge on any atom is -0.423 e. The van der Waals surface area contributed by atoms with Gasteiger partial charge in [-0.1, -0.05) is 0 Å². The molecule has 0 aliphatic carbocycles. The molecule has 4 aromatic rings. The molecular weight excluding hydrogens is 448 g/mol. The van der Waals surface area contributed by atoms with Crippen LogP contribution >= 0.6 is 11.3 Å². The molecule has 2 saturated heterocycles. The molecule has 34 heavy (non-hydrogen) atoms. The molecule has 2 fully saturated rings. The molecule has 0 saturated carbocycles. The lowest BCUT2D eigenvalue weighted by Crippen LogP contribution is -2.30. The Bertz CT molecular complexity index is 1280. The molecule has 0 atom stereocenters. The highest BCUT2D eigenvalue weighted by Crippen LogP contribution is 2.36. The van der Waals surface area contributed by atoms with E-state index in [-0.39, 0.29) is 5.91 Å². The van der Waals surface area contributed by atoms with Crippen LogP contribution in [0.1, 0.15) is 48.9 Å². The van der Waals surface area contributed by atoms with Crippen molar-refractivity contribution in [2.45, 2.75) is 38.5 Å². The molecule has 3 aromatic heterocycles. The highest BCUT2D eigenvalue weighted by atomic mass is 32.1. The molecule has 0 bridgehead atoms. The summed E-state index contributed by atoms with van der Waals surface area (Å²) in [5.74, 6) is -0.133. The standard InChI is InChI=1S/C25H28N6O2S/c32-24(17-13-23(34-16-17)18-7-8-26-29-18)27-19-15-22-20(14-21(19)30-9-3-1-4-10-30)28-25(33-22)31-11-5-2-6-12-31/h7-8,13-16H,1-6,9-12H2,(H,26,29)(H,27,32). The Balaban J connectivity index is 1.32. The predicted octanol–water partition coefficient (Wildman–Crippen LogP) is 5.51. The number of carbonyl (C=O) groups excluding carboxylic acids is 1. The van der Waals surface area contributed by atoms with Gasteiger partial charge in [-0.05, 0) is 56.7 Å². The van der Waals surface area contributed by atoms with Crippen molar-refractivity contribution in [3.63, 3.8) is 0 Å². The smallest absolute Gasteiger partial charge is 0.298 e. The van der Waals surface area contributed by atoms with Gasteiger partial charge >= 0.3 is 0 Å². The summed E-state index contributed by atoms with van der Waals surface area (Å²) in [6.45, 7) is 3.91. The van der Waals surface area contributed by atoms with Crippen molar-refractivity contribution in [1.29, 1.82) is 0 Å². The van der Waals surface area contributed by atoms with Crippen LogP contribution < -0.4 is 15.1 Å². The van der Waals surface area contributed by atoms with Crippen molar-refractivity contribution < 1.29 is 9.21 Å². The second-order valence-electron chi connectivity index (χ2n) is 9.04. The molecule has 2 aliphatic rings. The Labute approximate surface area is 202 Å². The molecule has 8 nitrogen and oxygen atoms in total. The van der Waals surface area contributed by atoms with Gasteiger partial charge in [-0.3, -0.25) is 9.89 Å². The summed E-state index contributed by atoms with van der Waals surface area (Å²) in [6.07, 6.45) is 8.93. The van der Waals surface area contributed by atoms with Gasteiger partial charge in [-0.15, -0.1) is 11.3 Å². The first-order valence-electron chi connectivity index (χ1n) is 12.1. The number of amides is 1. The lowest BCUT2D eigenvalue weighted by molar-refractivity contribution is 0.102. The maximum Gasteiger partial charge on any atom is 0.298 e. The van der Waals surface area contributed by atoms with Gasteiger partial charge in [0, 0.05) is 43.8 Å². The summed E-state index contributed by atoms with van der Waals surface area (Å²) in [7, 11) is 0. The van der Waals surface area contributed by atoms with Gasteiger partial charge in [-0.2, -0.15) is 10.1 Å². The number of fused-ring (bicyclic) bond motifs is 1. The fraction of sp³-hybridized carbons (Fsp3) is 0.400. The number of aromatic amines is 1. The first-order valence-corrected chi connectivity index (χ1v) is 13.0. The van der Waals surface area contributed by atoms with E-state index in [1.54, 1.807) is 6.20 Å². The number of thiophene rings is 1. The van der Waals surface area contributed by atoms with Crippen molar-refractivity contribution in [3.8, 4) is 10.6 Å². The quantitative estimate of drug-likeness (QED) is 0.395. The summed E-state index contributed by atoms with van der Waals surface area (Å²) < 4.78 is 6.17. The molecule has 6 rings (SSSR count). The van der Waals surface area contributed by atoms with Crippen LogP contribution in [0.4, 0.5) is 17.4 Å². The first-order chi connectivity index (χ1) is 16.7. The van der Waals surface area contributed by atoms with E-state index in [0.29, 0.717) is 17.2 Å². The second-order valence-corrected chi connectivity index (χ2v) is 9.95. The lowest BCUT2D eigenvalue weighted by atomic mass is 10.1. The Hall–Kier alpha value is -3.33. The summed E-state index contributed by atoms with van der Waals surface area (Å²) in [5.41, 5.74) is 4.80. The molecule has 2 N–H and O–H groups in total. The van der Waals surface area contributed by atoms with Crippen molar-refractivity contribution in [2.75, 3.05) is 41.3 Å². The highest BCUT2D eigenvalue weighted by molar-refractivity contribution is 7.13. The average molecular weight is 477 g/mol. The number of oxazole rings is 1. The Kier molecular flexibility index (Phi) is 5.70. The molecule has 0 spiro atoms. The van der Waals surface area contributed by atoms with Crippen LogP contribution in [0.3, 0.4) is 0 Å². The number of benzene rings is 1. The third-order valence-electron chi connectivity index (χ3n) is 6.68. The SMILES string of the molecule is O=C(Nc1cc2oc(N3CCCCC3)nc2cc1N1CCCCC1)c1csc(-c2cc[nH]n2)c1. The number of nitrogens with zero attached hydrogens (tertiary/aromatic N) is 4. The molecular formula is C25H28N6O2S. The fourth-order valence-corrected chi connectivity index (χ4v) is 5.71. The van der Waals surface area contributed by atoms with Crippen LogP contribution in [0, 0.1) is 0 Å². The molecule has 5 heterocycles. The van der Waals surface area contributed by atoms with Crippen LogP contribution in [0.2, 0.25) is 0 Å². The van der Waals surface area contributed by atoms with Crippen LogP contribution in [-0.2, 0) is 0 Å². The van der Waals surface area contributed by atoms with E-state index in [1.165, 1.54) is 37.0 Å².